The van der Waals surface area contributed by atoms with Gasteiger partial charge in [-0.3, -0.25) is 19.8 Å². The quantitative estimate of drug-likeness (QED) is 0.272. The van der Waals surface area contributed by atoms with Crippen molar-refractivity contribution in [1.29, 1.82) is 0 Å². The van der Waals surface area contributed by atoms with E-state index in [0.717, 1.165) is 34.2 Å². The molecule has 35 heavy (non-hydrogen) atoms. The number of rotatable bonds is 5. The Bertz CT molecular complexity index is 1370. The summed E-state index contributed by atoms with van der Waals surface area (Å²) in [6.45, 7) is 3.87. The van der Waals surface area contributed by atoms with Crippen LogP contribution in [0.25, 0.3) is 16.8 Å². The summed E-state index contributed by atoms with van der Waals surface area (Å²) in [6.07, 6.45) is -2.60. The van der Waals surface area contributed by atoms with E-state index in [1.54, 1.807) is 6.07 Å². The lowest BCUT2D eigenvalue weighted by Crippen LogP contribution is -2.54. The average molecular weight is 499 g/mol. The molecule has 1 N–H and O–H groups in total. The number of halogens is 3. The zero-order valence-electron chi connectivity index (χ0n) is 18.8. The van der Waals surface area contributed by atoms with Crippen molar-refractivity contribution in [2.24, 2.45) is 0 Å². The fraction of sp³-hybridized carbons (Fsp3) is 0.192. The number of hydrogen-bond acceptors (Lipinski definition) is 4. The lowest BCUT2D eigenvalue weighted by atomic mass is 9.99. The van der Waals surface area contributed by atoms with Gasteiger partial charge in [-0.1, -0.05) is 43.3 Å². The van der Waals surface area contributed by atoms with Crippen LogP contribution in [0, 0.1) is 0 Å². The van der Waals surface area contributed by atoms with E-state index in [-0.39, 0.29) is 22.5 Å². The van der Waals surface area contributed by atoms with Crippen molar-refractivity contribution in [3.8, 4) is 5.75 Å². The molecule has 2 amide bonds. The van der Waals surface area contributed by atoms with Gasteiger partial charge in [-0.15, -0.1) is 0 Å². The van der Waals surface area contributed by atoms with Gasteiger partial charge in [0.1, 0.15) is 11.3 Å². The zero-order valence-corrected chi connectivity index (χ0v) is 19.7. The maximum absolute atomic E-state index is 13.4. The molecule has 0 radical (unpaired) electrons. The highest BCUT2D eigenvalue weighted by molar-refractivity contribution is 7.80. The Labute approximate surface area is 205 Å². The molecule has 0 saturated carbocycles. The minimum absolute atomic E-state index is 0.102. The van der Waals surface area contributed by atoms with E-state index in [1.165, 1.54) is 18.2 Å². The Morgan fingerprint density at radius 2 is 1.83 bits per heavy atom. The first-order valence-electron chi connectivity index (χ1n) is 10.9. The fourth-order valence-electron chi connectivity index (χ4n) is 3.68. The molecule has 1 aliphatic rings. The maximum Gasteiger partial charge on any atom is 0.416 e. The number of hydrogen-bond donors (Lipinski definition) is 1. The molecule has 0 unspecified atom stereocenters. The number of anilines is 1. The number of alkyl halides is 3. The maximum atomic E-state index is 13.4. The molecule has 3 aromatic carbocycles. The van der Waals surface area contributed by atoms with E-state index >= 15 is 0 Å². The van der Waals surface area contributed by atoms with Gasteiger partial charge in [0.15, 0.2) is 5.11 Å². The van der Waals surface area contributed by atoms with Gasteiger partial charge < -0.3 is 4.74 Å². The van der Waals surface area contributed by atoms with Crippen molar-refractivity contribution in [2.75, 3.05) is 4.90 Å². The molecule has 1 aliphatic heterocycles. The molecular weight excluding hydrogens is 477 g/mol. The van der Waals surface area contributed by atoms with Crippen LogP contribution in [-0.2, 0) is 15.8 Å². The summed E-state index contributed by atoms with van der Waals surface area (Å²) in [7, 11) is 0. The molecule has 1 fully saturated rings. The molecule has 0 spiro atoms. The Morgan fingerprint density at radius 1 is 1.09 bits per heavy atom. The molecule has 0 bridgehead atoms. The molecular formula is C26H21F3N2O3S. The number of carbonyl (C=O) groups excluding carboxylic acids is 2. The highest BCUT2D eigenvalue weighted by Gasteiger charge is 2.37. The molecule has 3 aromatic rings. The van der Waals surface area contributed by atoms with Gasteiger partial charge in [0.25, 0.3) is 11.8 Å². The normalized spacial score (nSPS) is 16.5. The van der Waals surface area contributed by atoms with Crippen LogP contribution in [0.4, 0.5) is 18.9 Å². The largest absolute Gasteiger partial charge is 0.490 e. The summed E-state index contributed by atoms with van der Waals surface area (Å²) in [5.74, 6) is -1.10. The van der Waals surface area contributed by atoms with Crippen LogP contribution in [0.2, 0.25) is 0 Å². The molecule has 0 aromatic heterocycles. The van der Waals surface area contributed by atoms with Crippen molar-refractivity contribution < 1.29 is 27.5 Å². The summed E-state index contributed by atoms with van der Waals surface area (Å²) in [5, 5.41) is 3.73. The van der Waals surface area contributed by atoms with Crippen molar-refractivity contribution in [2.45, 2.75) is 32.5 Å². The summed E-state index contributed by atoms with van der Waals surface area (Å²) in [4.78, 5) is 27.1. The second kappa shape index (κ2) is 9.50. The first-order chi connectivity index (χ1) is 16.6. The average Bonchev–Trinajstić information content (AvgIpc) is 2.82. The number of carbonyl (C=O) groups is 2. The van der Waals surface area contributed by atoms with Crippen molar-refractivity contribution >= 4 is 51.7 Å². The van der Waals surface area contributed by atoms with Gasteiger partial charge in [-0.2, -0.15) is 13.2 Å². The SMILES string of the molecule is CC[C@@H](C)Oc1ccc2ccccc2c1/C=C1\C(=O)NC(=S)N(c2cccc(C(F)(F)F)c2)C1=O. The highest BCUT2D eigenvalue weighted by Crippen LogP contribution is 2.34. The van der Waals surface area contributed by atoms with Crippen LogP contribution in [0.1, 0.15) is 31.4 Å². The summed E-state index contributed by atoms with van der Waals surface area (Å²) >= 11 is 5.13. The van der Waals surface area contributed by atoms with Crippen LogP contribution in [0.3, 0.4) is 0 Å². The lowest BCUT2D eigenvalue weighted by molar-refractivity contribution is -0.137. The first-order valence-corrected chi connectivity index (χ1v) is 11.3. The molecule has 1 heterocycles. The first kappa shape index (κ1) is 24.4. The third-order valence-corrected chi connectivity index (χ3v) is 5.94. The van der Waals surface area contributed by atoms with E-state index in [4.69, 9.17) is 17.0 Å². The standard InChI is InChI=1S/C26H21F3N2O3S/c1-3-15(2)34-22-12-11-16-7-4-5-10-19(16)20(22)14-21-23(32)30-25(35)31(24(21)33)18-9-6-8-17(13-18)26(27,28)29/h4-15H,3H2,1-2H3,(H,30,32,35)/b21-14+/t15-/m1/s1. The van der Waals surface area contributed by atoms with E-state index < -0.39 is 23.6 Å². The van der Waals surface area contributed by atoms with Crippen LogP contribution in [0.5, 0.6) is 5.75 Å². The number of nitrogens with zero attached hydrogens (tertiary/aromatic N) is 1. The van der Waals surface area contributed by atoms with Crippen LogP contribution < -0.4 is 15.0 Å². The van der Waals surface area contributed by atoms with E-state index in [9.17, 15) is 22.8 Å². The smallest absolute Gasteiger partial charge is 0.416 e. The van der Waals surface area contributed by atoms with Gasteiger partial charge in [0, 0.05) is 5.56 Å². The number of ether oxygens (including phenoxy) is 1. The number of benzene rings is 3. The predicted molar refractivity (Wildman–Crippen MR) is 132 cm³/mol. The molecule has 1 atom stereocenters. The Kier molecular flexibility index (Phi) is 6.62. The minimum Gasteiger partial charge on any atom is -0.490 e. The van der Waals surface area contributed by atoms with E-state index in [0.29, 0.717) is 11.3 Å². The number of thiocarbonyl (C=S) groups is 1. The summed E-state index contributed by atoms with van der Waals surface area (Å²) in [6, 6.07) is 15.3. The number of amides is 2. The van der Waals surface area contributed by atoms with E-state index in [1.807, 2.05) is 44.2 Å². The Balaban J connectivity index is 1.84. The lowest BCUT2D eigenvalue weighted by Gasteiger charge is -2.29. The minimum atomic E-state index is -4.61. The Morgan fingerprint density at radius 3 is 2.54 bits per heavy atom. The fourth-order valence-corrected chi connectivity index (χ4v) is 3.97. The highest BCUT2D eigenvalue weighted by atomic mass is 32.1. The van der Waals surface area contributed by atoms with Gasteiger partial charge in [0.05, 0.1) is 17.4 Å². The van der Waals surface area contributed by atoms with E-state index in [2.05, 4.69) is 5.32 Å². The van der Waals surface area contributed by atoms with Crippen LogP contribution >= 0.6 is 12.2 Å². The van der Waals surface area contributed by atoms with Gasteiger partial charge >= 0.3 is 6.18 Å². The van der Waals surface area contributed by atoms with Crippen molar-refractivity contribution in [1.82, 2.24) is 5.32 Å². The van der Waals surface area contributed by atoms with Crippen molar-refractivity contribution in [3.05, 3.63) is 77.4 Å². The van der Waals surface area contributed by atoms with Gasteiger partial charge in [0.2, 0.25) is 0 Å². The second-order valence-electron chi connectivity index (χ2n) is 8.04. The topological polar surface area (TPSA) is 58.6 Å². The molecule has 5 nitrogen and oxygen atoms in total. The number of fused-ring (bicyclic) bond motifs is 1. The number of nitrogens with one attached hydrogen (secondary N) is 1. The molecule has 1 saturated heterocycles. The van der Waals surface area contributed by atoms with Crippen molar-refractivity contribution in [3.63, 3.8) is 0 Å². The van der Waals surface area contributed by atoms with Crippen LogP contribution in [0.15, 0.2) is 66.2 Å². The predicted octanol–water partition coefficient (Wildman–Crippen LogP) is 5.87. The molecule has 180 valence electrons. The zero-order chi connectivity index (χ0) is 25.3. The molecule has 4 rings (SSSR count). The van der Waals surface area contributed by atoms with Crippen LogP contribution in [-0.4, -0.2) is 23.0 Å². The monoisotopic (exact) mass is 498 g/mol. The third-order valence-electron chi connectivity index (χ3n) is 5.66. The summed E-state index contributed by atoms with van der Waals surface area (Å²) < 4.78 is 45.8. The third kappa shape index (κ3) is 4.90. The van der Waals surface area contributed by atoms with Gasteiger partial charge in [-0.25, -0.2) is 0 Å². The van der Waals surface area contributed by atoms with Gasteiger partial charge in [-0.05, 0) is 66.7 Å². The molecule has 9 heteroatoms. The Hall–Kier alpha value is -3.72. The molecule has 0 aliphatic carbocycles. The summed E-state index contributed by atoms with van der Waals surface area (Å²) in [5.41, 5.74) is -0.805. The second-order valence-corrected chi connectivity index (χ2v) is 8.43.